The molecule has 1 aromatic heterocycles. The van der Waals surface area contributed by atoms with Gasteiger partial charge in [-0.1, -0.05) is 19.9 Å². The summed E-state index contributed by atoms with van der Waals surface area (Å²) < 4.78 is 0. The molecule has 0 aliphatic carbocycles. The van der Waals surface area contributed by atoms with Crippen LogP contribution >= 0.6 is 0 Å². The van der Waals surface area contributed by atoms with E-state index in [9.17, 15) is 0 Å². The van der Waals surface area contributed by atoms with E-state index in [-0.39, 0.29) is 5.84 Å². The van der Waals surface area contributed by atoms with Gasteiger partial charge in [0.2, 0.25) is 0 Å². The van der Waals surface area contributed by atoms with E-state index < -0.39 is 0 Å². The molecule has 0 spiro atoms. The standard InChI is InChI=1S/C14H22N4/c1-3-14(4-2)8-9-18(10-14)12-7-5-6-11(17-12)13(15)16/h5-7H,3-4,8-10H2,1-2H3,(H3,15,16). The third-order valence-corrected chi connectivity index (χ3v) is 4.27. The number of hydrogen-bond donors (Lipinski definition) is 2. The van der Waals surface area contributed by atoms with E-state index in [0.29, 0.717) is 11.1 Å². The summed E-state index contributed by atoms with van der Waals surface area (Å²) in [6.07, 6.45) is 3.66. The maximum Gasteiger partial charge on any atom is 0.141 e. The van der Waals surface area contributed by atoms with Crippen molar-refractivity contribution in [2.75, 3.05) is 18.0 Å². The molecule has 1 saturated heterocycles. The van der Waals surface area contributed by atoms with Gasteiger partial charge in [-0.2, -0.15) is 0 Å². The second-order valence-electron chi connectivity index (χ2n) is 5.17. The first-order chi connectivity index (χ1) is 8.60. The van der Waals surface area contributed by atoms with E-state index >= 15 is 0 Å². The number of nitrogens with one attached hydrogen (secondary N) is 1. The van der Waals surface area contributed by atoms with Crippen LogP contribution in [-0.2, 0) is 0 Å². The summed E-state index contributed by atoms with van der Waals surface area (Å²) in [6.45, 7) is 6.66. The van der Waals surface area contributed by atoms with Gasteiger partial charge in [0.25, 0.3) is 0 Å². The molecule has 4 heteroatoms. The first kappa shape index (κ1) is 12.9. The lowest BCUT2D eigenvalue weighted by Gasteiger charge is -2.26. The van der Waals surface area contributed by atoms with Crippen LogP contribution in [0.1, 0.15) is 38.8 Å². The molecule has 1 fully saturated rings. The molecule has 2 heterocycles. The normalized spacial score (nSPS) is 18.0. The van der Waals surface area contributed by atoms with Crippen molar-refractivity contribution in [3.05, 3.63) is 23.9 Å². The van der Waals surface area contributed by atoms with Gasteiger partial charge in [-0.15, -0.1) is 0 Å². The number of pyridine rings is 1. The number of hydrogen-bond acceptors (Lipinski definition) is 3. The summed E-state index contributed by atoms with van der Waals surface area (Å²) in [4.78, 5) is 6.78. The molecule has 0 saturated carbocycles. The van der Waals surface area contributed by atoms with Crippen molar-refractivity contribution in [3.8, 4) is 0 Å². The fourth-order valence-corrected chi connectivity index (χ4v) is 2.71. The molecule has 0 radical (unpaired) electrons. The SMILES string of the molecule is CCC1(CC)CCN(c2cccc(C(=N)N)n2)C1. The van der Waals surface area contributed by atoms with Crippen molar-refractivity contribution in [3.63, 3.8) is 0 Å². The topological polar surface area (TPSA) is 66.0 Å². The van der Waals surface area contributed by atoms with Crippen molar-refractivity contribution < 1.29 is 0 Å². The van der Waals surface area contributed by atoms with Crippen LogP contribution in [0.2, 0.25) is 0 Å². The van der Waals surface area contributed by atoms with Crippen LogP contribution in [0.3, 0.4) is 0 Å². The molecule has 1 aliphatic heterocycles. The maximum atomic E-state index is 7.45. The molecular weight excluding hydrogens is 224 g/mol. The molecule has 3 N–H and O–H groups in total. The molecular formula is C14H22N4. The first-order valence-electron chi connectivity index (χ1n) is 6.66. The lowest BCUT2D eigenvalue weighted by molar-refractivity contribution is 0.301. The minimum atomic E-state index is 0.0355. The molecule has 0 aromatic carbocycles. The maximum absolute atomic E-state index is 7.45. The van der Waals surface area contributed by atoms with Crippen molar-refractivity contribution in [1.29, 1.82) is 5.41 Å². The van der Waals surface area contributed by atoms with E-state index in [0.717, 1.165) is 18.9 Å². The van der Waals surface area contributed by atoms with Crippen LogP contribution in [0.4, 0.5) is 5.82 Å². The Hall–Kier alpha value is -1.58. The summed E-state index contributed by atoms with van der Waals surface area (Å²) in [5, 5.41) is 7.45. The van der Waals surface area contributed by atoms with Crippen LogP contribution in [0.25, 0.3) is 0 Å². The lowest BCUT2D eigenvalue weighted by Crippen LogP contribution is -2.27. The molecule has 1 aromatic rings. The minimum absolute atomic E-state index is 0.0355. The predicted molar refractivity (Wildman–Crippen MR) is 75.1 cm³/mol. The Balaban J connectivity index is 2.19. The van der Waals surface area contributed by atoms with Crippen LogP contribution in [0.5, 0.6) is 0 Å². The van der Waals surface area contributed by atoms with Crippen LogP contribution in [0, 0.1) is 10.8 Å². The Bertz CT molecular complexity index is 437. The van der Waals surface area contributed by atoms with Gasteiger partial charge >= 0.3 is 0 Å². The first-order valence-corrected chi connectivity index (χ1v) is 6.66. The number of nitrogens with two attached hydrogens (primary N) is 1. The Labute approximate surface area is 109 Å². The molecule has 0 unspecified atom stereocenters. The van der Waals surface area contributed by atoms with Gasteiger partial charge in [-0.25, -0.2) is 4.98 Å². The Morgan fingerprint density at radius 3 is 2.72 bits per heavy atom. The van der Waals surface area contributed by atoms with E-state index in [1.807, 2.05) is 12.1 Å². The second kappa shape index (κ2) is 4.96. The quantitative estimate of drug-likeness (QED) is 0.633. The highest BCUT2D eigenvalue weighted by Gasteiger charge is 2.35. The van der Waals surface area contributed by atoms with Gasteiger partial charge in [0.1, 0.15) is 17.3 Å². The van der Waals surface area contributed by atoms with Crippen molar-refractivity contribution in [1.82, 2.24) is 4.98 Å². The van der Waals surface area contributed by atoms with E-state index in [1.165, 1.54) is 19.3 Å². The molecule has 98 valence electrons. The van der Waals surface area contributed by atoms with E-state index in [2.05, 4.69) is 23.7 Å². The molecule has 2 rings (SSSR count). The summed E-state index contributed by atoms with van der Waals surface area (Å²) in [7, 11) is 0. The highest BCUT2D eigenvalue weighted by Crippen LogP contribution is 2.38. The van der Waals surface area contributed by atoms with Crippen LogP contribution in [-0.4, -0.2) is 23.9 Å². The Kier molecular flexibility index (Phi) is 3.55. The summed E-state index contributed by atoms with van der Waals surface area (Å²) >= 11 is 0. The summed E-state index contributed by atoms with van der Waals surface area (Å²) in [6, 6.07) is 5.72. The van der Waals surface area contributed by atoms with Gasteiger partial charge in [0, 0.05) is 13.1 Å². The zero-order valence-corrected chi connectivity index (χ0v) is 11.2. The van der Waals surface area contributed by atoms with E-state index in [4.69, 9.17) is 11.1 Å². The highest BCUT2D eigenvalue weighted by molar-refractivity contribution is 5.93. The zero-order chi connectivity index (χ0) is 13.2. The van der Waals surface area contributed by atoms with Crippen molar-refractivity contribution >= 4 is 11.7 Å². The largest absolute Gasteiger partial charge is 0.382 e. The predicted octanol–water partition coefficient (Wildman–Crippen LogP) is 2.38. The molecule has 0 atom stereocenters. The zero-order valence-electron chi connectivity index (χ0n) is 11.2. The number of amidine groups is 1. The molecule has 1 aliphatic rings. The van der Waals surface area contributed by atoms with Crippen molar-refractivity contribution in [2.45, 2.75) is 33.1 Å². The fourth-order valence-electron chi connectivity index (χ4n) is 2.71. The fraction of sp³-hybridized carbons (Fsp3) is 0.571. The van der Waals surface area contributed by atoms with Gasteiger partial charge in [-0.05, 0) is 36.8 Å². The van der Waals surface area contributed by atoms with Gasteiger partial charge in [0.15, 0.2) is 0 Å². The number of nitrogen functional groups attached to an aromatic ring is 1. The number of anilines is 1. The Morgan fingerprint density at radius 2 is 2.17 bits per heavy atom. The monoisotopic (exact) mass is 246 g/mol. The van der Waals surface area contributed by atoms with Gasteiger partial charge in [-0.3, -0.25) is 5.41 Å². The van der Waals surface area contributed by atoms with E-state index in [1.54, 1.807) is 6.07 Å². The second-order valence-corrected chi connectivity index (χ2v) is 5.17. The number of nitrogens with zero attached hydrogens (tertiary/aromatic N) is 2. The van der Waals surface area contributed by atoms with Crippen LogP contribution < -0.4 is 10.6 Å². The summed E-state index contributed by atoms with van der Waals surface area (Å²) in [5.41, 5.74) is 6.50. The van der Waals surface area contributed by atoms with Gasteiger partial charge in [0.05, 0.1) is 0 Å². The number of aromatic nitrogens is 1. The highest BCUT2D eigenvalue weighted by atomic mass is 15.2. The third-order valence-electron chi connectivity index (χ3n) is 4.27. The smallest absolute Gasteiger partial charge is 0.141 e. The lowest BCUT2D eigenvalue weighted by atomic mass is 9.82. The van der Waals surface area contributed by atoms with Crippen LogP contribution in [0.15, 0.2) is 18.2 Å². The van der Waals surface area contributed by atoms with Gasteiger partial charge < -0.3 is 10.6 Å². The number of rotatable bonds is 4. The molecule has 18 heavy (non-hydrogen) atoms. The van der Waals surface area contributed by atoms with Crippen molar-refractivity contribution in [2.24, 2.45) is 11.1 Å². The third kappa shape index (κ3) is 2.33. The minimum Gasteiger partial charge on any atom is -0.382 e. The average Bonchev–Trinajstić information content (AvgIpc) is 2.84. The molecule has 4 nitrogen and oxygen atoms in total. The molecule has 0 bridgehead atoms. The Morgan fingerprint density at radius 1 is 1.44 bits per heavy atom. The summed E-state index contributed by atoms with van der Waals surface area (Å²) in [5.74, 6) is 0.986. The molecule has 0 amide bonds. The average molecular weight is 246 g/mol.